The first kappa shape index (κ1) is 15.7. The van der Waals surface area contributed by atoms with Crippen LogP contribution in [0.5, 0.6) is 5.75 Å². The number of benzene rings is 1. The molecular formula is C19H19N3O3. The summed E-state index contributed by atoms with van der Waals surface area (Å²) in [5.74, 6) is 1.11. The number of aromatic nitrogens is 2. The van der Waals surface area contributed by atoms with Crippen molar-refractivity contribution in [2.45, 2.75) is 6.42 Å². The molecule has 0 radical (unpaired) electrons. The summed E-state index contributed by atoms with van der Waals surface area (Å²) in [6.45, 7) is 2.26. The van der Waals surface area contributed by atoms with E-state index in [1.165, 1.54) is 0 Å². The van der Waals surface area contributed by atoms with Crippen molar-refractivity contribution in [2.75, 3.05) is 25.1 Å². The molecule has 1 amide bonds. The quantitative estimate of drug-likeness (QED) is 0.777. The van der Waals surface area contributed by atoms with E-state index in [1.54, 1.807) is 18.5 Å². The monoisotopic (exact) mass is 337 g/mol. The molecule has 128 valence electrons. The molecule has 3 heterocycles. The number of carbonyl (C=O) groups excluding carboxylic acids is 1. The van der Waals surface area contributed by atoms with Gasteiger partial charge in [0.1, 0.15) is 11.4 Å². The topological polar surface area (TPSA) is 64.9 Å². The number of amides is 1. The van der Waals surface area contributed by atoms with Crippen molar-refractivity contribution in [3.8, 4) is 5.75 Å². The number of carbonyl (C=O) groups is 1. The van der Waals surface area contributed by atoms with Gasteiger partial charge in [0, 0.05) is 36.8 Å². The smallest absolute Gasteiger partial charge is 0.257 e. The highest BCUT2D eigenvalue weighted by molar-refractivity contribution is 6.04. The zero-order valence-corrected chi connectivity index (χ0v) is 13.7. The molecule has 25 heavy (non-hydrogen) atoms. The molecular weight excluding hydrogens is 318 g/mol. The lowest BCUT2D eigenvalue weighted by atomic mass is 10.1. The van der Waals surface area contributed by atoms with Crippen molar-refractivity contribution < 1.29 is 14.3 Å². The molecule has 1 unspecified atom stereocenters. The number of rotatable bonds is 5. The average molecular weight is 337 g/mol. The molecule has 0 saturated carbocycles. The van der Waals surface area contributed by atoms with Crippen LogP contribution in [-0.2, 0) is 4.74 Å². The number of ether oxygens (including phenoxy) is 2. The van der Waals surface area contributed by atoms with E-state index in [2.05, 4.69) is 10.3 Å². The summed E-state index contributed by atoms with van der Waals surface area (Å²) >= 11 is 0. The number of hydrogen-bond donors (Lipinski definition) is 1. The van der Waals surface area contributed by atoms with E-state index < -0.39 is 0 Å². The molecule has 6 nitrogen and oxygen atoms in total. The second-order valence-corrected chi connectivity index (χ2v) is 6.13. The van der Waals surface area contributed by atoms with E-state index in [0.717, 1.165) is 36.7 Å². The molecule has 6 heteroatoms. The summed E-state index contributed by atoms with van der Waals surface area (Å²) in [6.07, 6.45) is 6.33. The fourth-order valence-electron chi connectivity index (χ4n) is 2.82. The Morgan fingerprint density at radius 1 is 1.28 bits per heavy atom. The number of anilines is 1. The number of imidazole rings is 1. The molecule has 3 aromatic rings. The molecule has 0 aliphatic carbocycles. The minimum atomic E-state index is -0.160. The highest BCUT2D eigenvalue weighted by atomic mass is 16.5. The van der Waals surface area contributed by atoms with E-state index in [1.807, 2.05) is 40.9 Å². The molecule has 1 N–H and O–H groups in total. The minimum absolute atomic E-state index is 0.160. The number of nitrogens with zero attached hydrogens (tertiary/aromatic N) is 2. The zero-order chi connectivity index (χ0) is 17.1. The van der Waals surface area contributed by atoms with Crippen molar-refractivity contribution in [3.05, 3.63) is 60.6 Å². The molecule has 4 rings (SSSR count). The summed E-state index contributed by atoms with van der Waals surface area (Å²) in [4.78, 5) is 16.5. The third-order valence-corrected chi connectivity index (χ3v) is 4.27. The van der Waals surface area contributed by atoms with Crippen LogP contribution < -0.4 is 10.1 Å². The largest absolute Gasteiger partial charge is 0.493 e. The predicted octanol–water partition coefficient (Wildman–Crippen LogP) is 3.00. The van der Waals surface area contributed by atoms with Gasteiger partial charge in [-0.15, -0.1) is 0 Å². The van der Waals surface area contributed by atoms with Gasteiger partial charge >= 0.3 is 0 Å². The average Bonchev–Trinajstić information content (AvgIpc) is 3.32. The predicted molar refractivity (Wildman–Crippen MR) is 94.0 cm³/mol. The van der Waals surface area contributed by atoms with Gasteiger partial charge in [0.15, 0.2) is 0 Å². The van der Waals surface area contributed by atoms with Crippen molar-refractivity contribution >= 4 is 17.2 Å². The molecule has 1 saturated heterocycles. The Hall–Kier alpha value is -2.86. The van der Waals surface area contributed by atoms with Crippen LogP contribution in [-0.4, -0.2) is 35.1 Å². The van der Waals surface area contributed by atoms with Gasteiger partial charge in [0.25, 0.3) is 5.91 Å². The Morgan fingerprint density at radius 2 is 2.16 bits per heavy atom. The molecule has 1 aliphatic rings. The number of hydrogen-bond acceptors (Lipinski definition) is 4. The number of fused-ring (bicyclic) bond motifs is 1. The fourth-order valence-corrected chi connectivity index (χ4v) is 2.82. The standard InChI is InChI=1S/C19H19N3O3/c23-19(15-1-6-18-20-8-9-22(18)11-15)21-16-2-4-17(5-3-16)25-13-14-7-10-24-12-14/h1-6,8-9,11,14H,7,10,12-13H2,(H,21,23). The van der Waals surface area contributed by atoms with Crippen LogP contribution in [0.2, 0.25) is 0 Å². The van der Waals surface area contributed by atoms with E-state index in [9.17, 15) is 4.79 Å². The van der Waals surface area contributed by atoms with E-state index >= 15 is 0 Å². The molecule has 1 fully saturated rings. The fraction of sp³-hybridized carbons (Fsp3) is 0.263. The number of nitrogens with one attached hydrogen (secondary N) is 1. The van der Waals surface area contributed by atoms with Gasteiger partial charge in [-0.1, -0.05) is 0 Å². The lowest BCUT2D eigenvalue weighted by Crippen LogP contribution is -2.13. The first-order valence-corrected chi connectivity index (χ1v) is 8.32. The van der Waals surface area contributed by atoms with E-state index in [0.29, 0.717) is 18.1 Å². The summed E-state index contributed by atoms with van der Waals surface area (Å²) in [5.41, 5.74) is 2.12. The maximum absolute atomic E-state index is 12.4. The Bertz CT molecular complexity index is 867. The maximum atomic E-state index is 12.4. The van der Waals surface area contributed by atoms with Gasteiger partial charge in [-0.05, 0) is 42.8 Å². The van der Waals surface area contributed by atoms with Gasteiger partial charge in [0.2, 0.25) is 0 Å². The van der Waals surface area contributed by atoms with Gasteiger partial charge in [-0.2, -0.15) is 0 Å². The van der Waals surface area contributed by atoms with Crippen molar-refractivity contribution in [1.82, 2.24) is 9.38 Å². The summed E-state index contributed by atoms with van der Waals surface area (Å²) < 4.78 is 12.9. The Kier molecular flexibility index (Phi) is 4.35. The minimum Gasteiger partial charge on any atom is -0.493 e. The third kappa shape index (κ3) is 3.64. The van der Waals surface area contributed by atoms with Crippen LogP contribution in [0.1, 0.15) is 16.8 Å². The molecule has 1 atom stereocenters. The highest BCUT2D eigenvalue weighted by Crippen LogP contribution is 2.19. The first-order valence-electron chi connectivity index (χ1n) is 8.32. The van der Waals surface area contributed by atoms with Crippen LogP contribution in [0, 0.1) is 5.92 Å². The van der Waals surface area contributed by atoms with Crippen LogP contribution in [0.25, 0.3) is 5.65 Å². The van der Waals surface area contributed by atoms with Gasteiger partial charge in [-0.25, -0.2) is 4.98 Å². The van der Waals surface area contributed by atoms with Gasteiger partial charge in [0.05, 0.1) is 18.8 Å². The SMILES string of the molecule is O=C(Nc1ccc(OCC2CCOC2)cc1)c1ccc2nccn2c1. The molecule has 1 aromatic carbocycles. The second-order valence-electron chi connectivity index (χ2n) is 6.13. The summed E-state index contributed by atoms with van der Waals surface area (Å²) in [5, 5.41) is 2.89. The third-order valence-electron chi connectivity index (χ3n) is 4.27. The van der Waals surface area contributed by atoms with Crippen LogP contribution >= 0.6 is 0 Å². The second kappa shape index (κ2) is 6.94. The lowest BCUT2D eigenvalue weighted by Gasteiger charge is -2.11. The maximum Gasteiger partial charge on any atom is 0.257 e. The van der Waals surface area contributed by atoms with Gasteiger partial charge in [-0.3, -0.25) is 4.79 Å². The highest BCUT2D eigenvalue weighted by Gasteiger charge is 2.16. The van der Waals surface area contributed by atoms with E-state index in [-0.39, 0.29) is 5.91 Å². The summed E-state index contributed by atoms with van der Waals surface area (Å²) in [6, 6.07) is 11.0. The van der Waals surface area contributed by atoms with E-state index in [4.69, 9.17) is 9.47 Å². The Morgan fingerprint density at radius 3 is 2.96 bits per heavy atom. The molecule has 0 bridgehead atoms. The number of pyridine rings is 1. The van der Waals surface area contributed by atoms with Crippen molar-refractivity contribution in [2.24, 2.45) is 5.92 Å². The Labute approximate surface area is 145 Å². The van der Waals surface area contributed by atoms with Crippen LogP contribution in [0.4, 0.5) is 5.69 Å². The lowest BCUT2D eigenvalue weighted by molar-refractivity contribution is 0.102. The first-order chi connectivity index (χ1) is 12.3. The van der Waals surface area contributed by atoms with Crippen molar-refractivity contribution in [1.29, 1.82) is 0 Å². The normalized spacial score (nSPS) is 16.9. The van der Waals surface area contributed by atoms with Gasteiger partial charge < -0.3 is 19.2 Å². The van der Waals surface area contributed by atoms with Crippen LogP contribution in [0.15, 0.2) is 55.0 Å². The molecule has 2 aromatic heterocycles. The van der Waals surface area contributed by atoms with Crippen molar-refractivity contribution in [3.63, 3.8) is 0 Å². The molecule has 1 aliphatic heterocycles. The van der Waals surface area contributed by atoms with Crippen LogP contribution in [0.3, 0.4) is 0 Å². The Balaban J connectivity index is 1.37. The zero-order valence-electron chi connectivity index (χ0n) is 13.7. The molecule has 0 spiro atoms. The summed E-state index contributed by atoms with van der Waals surface area (Å²) in [7, 11) is 0.